The highest BCUT2D eigenvalue weighted by Gasteiger charge is 2.44. The van der Waals surface area contributed by atoms with Crippen molar-refractivity contribution in [3.63, 3.8) is 0 Å². The maximum absolute atomic E-state index is 12.6. The molecule has 5 heterocycles. The van der Waals surface area contributed by atoms with Gasteiger partial charge in [-0.25, -0.2) is 0 Å². The summed E-state index contributed by atoms with van der Waals surface area (Å²) in [6.07, 6.45) is 2.25. The number of benzene rings is 2. The molecule has 5 fully saturated rings. The van der Waals surface area contributed by atoms with Crippen molar-refractivity contribution < 1.29 is 83.1 Å². The Morgan fingerprint density at radius 2 is 0.919 bits per heavy atom. The number of ether oxygens (including phenoxy) is 2. The van der Waals surface area contributed by atoms with E-state index in [0.29, 0.717) is 50.6 Å². The minimum Gasteiger partial charge on any atom is -0.466 e. The standard InChI is InChI=1S/2C16H21O5P.C13H20NO5P.C6H11O3P/c2*1-4-19-16(17)15(11-14-7-5-12(2)6-8-14)13(3)22(18)20-9-10-21-22;1-9(2)11-4-5-12(15)14(11)13(16)8-10(3)20(17)18-6-7-19-20;1-3-6(2)10(7)8-4-5-9-10/h2*5-8,15H,3-4,9-11H2,1-2H3;9,11H,3-8H2,1-2H3;2-5H2,1H3/t;;11-;/m..1./s1. The van der Waals surface area contributed by atoms with E-state index < -0.39 is 54.2 Å². The molecule has 0 aliphatic carbocycles. The van der Waals surface area contributed by atoms with Crippen LogP contribution in [0.1, 0.15) is 82.6 Å². The van der Waals surface area contributed by atoms with Gasteiger partial charge >= 0.3 is 42.3 Å². The molecular formula is C51H73NO18P4. The van der Waals surface area contributed by atoms with E-state index in [1.807, 2.05) is 83.1 Å². The lowest BCUT2D eigenvalue weighted by Gasteiger charge is -2.26. The Bertz CT molecular complexity index is 2380. The first-order valence-electron chi connectivity index (χ1n) is 24.6. The fourth-order valence-corrected chi connectivity index (χ4v) is 13.9. The van der Waals surface area contributed by atoms with E-state index in [9.17, 15) is 37.4 Å². The van der Waals surface area contributed by atoms with Crippen LogP contribution in [-0.2, 0) is 95.9 Å². The van der Waals surface area contributed by atoms with Crippen LogP contribution in [0.25, 0.3) is 0 Å². The van der Waals surface area contributed by atoms with Gasteiger partial charge in [0.2, 0.25) is 11.8 Å². The van der Waals surface area contributed by atoms with Crippen LogP contribution in [-0.4, -0.2) is 101 Å². The first kappa shape index (κ1) is 62.6. The van der Waals surface area contributed by atoms with Gasteiger partial charge in [-0.05, 0) is 70.4 Å². The lowest BCUT2D eigenvalue weighted by Crippen LogP contribution is -2.41. The van der Waals surface area contributed by atoms with Gasteiger partial charge in [-0.3, -0.25) is 42.3 Å². The monoisotopic (exact) mass is 1110 g/mol. The highest BCUT2D eigenvalue weighted by atomic mass is 31.2. The number of esters is 2. The molecule has 74 heavy (non-hydrogen) atoms. The molecule has 0 bridgehead atoms. The average molecular weight is 1110 g/mol. The topological polar surface area (TPSA) is 232 Å². The number of hydrogen-bond acceptors (Lipinski definition) is 18. The van der Waals surface area contributed by atoms with E-state index in [1.54, 1.807) is 13.8 Å². The Balaban J connectivity index is 0.000000220. The molecule has 23 heteroatoms. The van der Waals surface area contributed by atoms with Gasteiger partial charge in [0.05, 0.1) is 84.3 Å². The summed E-state index contributed by atoms with van der Waals surface area (Å²) < 4.78 is 99.6. The van der Waals surface area contributed by atoms with Crippen molar-refractivity contribution in [3.8, 4) is 0 Å². The molecule has 2 unspecified atom stereocenters. The molecule has 3 atom stereocenters. The quantitative estimate of drug-likeness (QED) is 0.0997. The van der Waals surface area contributed by atoms with Crippen molar-refractivity contribution in [1.29, 1.82) is 0 Å². The van der Waals surface area contributed by atoms with Crippen LogP contribution in [0, 0.1) is 31.6 Å². The summed E-state index contributed by atoms with van der Waals surface area (Å²) in [7, 11) is -13.1. The summed E-state index contributed by atoms with van der Waals surface area (Å²) in [6, 6.07) is 15.5. The van der Waals surface area contributed by atoms with E-state index in [2.05, 4.69) is 26.3 Å². The summed E-state index contributed by atoms with van der Waals surface area (Å²) in [5, 5.41) is 1.04. The molecule has 5 aliphatic rings. The smallest absolute Gasteiger partial charge is 0.357 e. The maximum atomic E-state index is 12.6. The van der Waals surface area contributed by atoms with Crippen molar-refractivity contribution >= 4 is 54.1 Å². The SMILES string of the molecule is C=C(C(Cc1ccc(C)cc1)C(=O)OCC)P1(=O)OCCO1.C=C(C(Cc1ccc(C)cc1)C(=O)OCC)P1(=O)OCCO1.C=C(CC(=O)N1C(=O)CC[C@@H]1C(C)C)P1(=O)OCCO1.C=C(CC)P1(=O)OCCO1. The fraction of sp³-hybridized carbons (Fsp3) is 0.529. The molecule has 2 amide bonds. The van der Waals surface area contributed by atoms with E-state index >= 15 is 0 Å². The molecule has 0 N–H and O–H groups in total. The van der Waals surface area contributed by atoms with Crippen molar-refractivity contribution in [2.24, 2.45) is 17.8 Å². The second-order valence-electron chi connectivity index (χ2n) is 17.8. The normalized spacial score (nSPS) is 20.6. The molecule has 0 aromatic heterocycles. The Labute approximate surface area is 435 Å². The number of imide groups is 1. The summed E-state index contributed by atoms with van der Waals surface area (Å²) in [5.41, 5.74) is 4.14. The Morgan fingerprint density at radius 1 is 0.581 bits per heavy atom. The summed E-state index contributed by atoms with van der Waals surface area (Å²) >= 11 is 0. The summed E-state index contributed by atoms with van der Waals surface area (Å²) in [5.74, 6) is -2.74. The molecule has 2 aromatic rings. The third-order valence-corrected chi connectivity index (χ3v) is 20.3. The minimum atomic E-state index is -3.44. The van der Waals surface area contributed by atoms with Gasteiger partial charge in [0.1, 0.15) is 0 Å². The van der Waals surface area contributed by atoms with E-state index in [1.165, 1.54) is 4.90 Å². The number of rotatable bonds is 18. The summed E-state index contributed by atoms with van der Waals surface area (Å²) in [6.45, 7) is 31.0. The third kappa shape index (κ3) is 17.3. The number of nitrogens with zero attached hydrogens (tertiary/aromatic N) is 1. The predicted molar refractivity (Wildman–Crippen MR) is 279 cm³/mol. The number of carbonyl (C=O) groups excluding carboxylic acids is 4. The lowest BCUT2D eigenvalue weighted by atomic mass is 9.98. The van der Waals surface area contributed by atoms with Gasteiger partial charge in [0.25, 0.3) is 0 Å². The second-order valence-corrected chi connectivity index (χ2v) is 26.3. The van der Waals surface area contributed by atoms with Crippen LogP contribution >= 0.6 is 30.4 Å². The number of aryl methyl sites for hydroxylation is 2. The van der Waals surface area contributed by atoms with Crippen LogP contribution < -0.4 is 0 Å². The van der Waals surface area contributed by atoms with Gasteiger partial charge in [0.15, 0.2) is 0 Å². The zero-order chi connectivity index (χ0) is 54.9. The number of amides is 2. The van der Waals surface area contributed by atoms with Crippen molar-refractivity contribution in [1.82, 2.24) is 4.90 Å². The highest BCUT2D eigenvalue weighted by molar-refractivity contribution is 7.59. The first-order chi connectivity index (χ1) is 35.0. The molecule has 0 saturated carbocycles. The average Bonchev–Trinajstić information content (AvgIpc) is 4.25. The molecule has 2 aromatic carbocycles. The number of allylic oxidation sites excluding steroid dienone is 1. The van der Waals surface area contributed by atoms with Gasteiger partial charge in [-0.1, -0.05) is 107 Å². The predicted octanol–water partition coefficient (Wildman–Crippen LogP) is 11.4. The number of carbonyl (C=O) groups is 4. The van der Waals surface area contributed by atoms with E-state index in [0.717, 1.165) is 22.3 Å². The molecule has 0 spiro atoms. The molecule has 0 radical (unpaired) electrons. The largest absolute Gasteiger partial charge is 0.466 e. The molecule has 5 saturated heterocycles. The Hall–Kier alpha value is -3.92. The number of likely N-dealkylation sites (tertiary alicyclic amines) is 1. The van der Waals surface area contributed by atoms with Crippen molar-refractivity contribution in [2.45, 2.75) is 93.0 Å². The van der Waals surface area contributed by atoms with Crippen LogP contribution in [0.4, 0.5) is 0 Å². The molecule has 7 rings (SSSR count). The van der Waals surface area contributed by atoms with Crippen LogP contribution in [0.5, 0.6) is 0 Å². The number of hydrogen-bond donors (Lipinski definition) is 0. The van der Waals surface area contributed by atoms with Gasteiger partial charge in [0, 0.05) is 33.7 Å². The van der Waals surface area contributed by atoms with E-state index in [4.69, 9.17) is 45.7 Å². The molecule has 19 nitrogen and oxygen atoms in total. The van der Waals surface area contributed by atoms with Crippen LogP contribution in [0.15, 0.2) is 96.1 Å². The Morgan fingerprint density at radius 3 is 1.24 bits per heavy atom. The zero-order valence-electron chi connectivity index (χ0n) is 43.7. The Kier molecular flexibility index (Phi) is 24.5. The van der Waals surface area contributed by atoms with Crippen LogP contribution in [0.2, 0.25) is 0 Å². The lowest BCUT2D eigenvalue weighted by molar-refractivity contribution is -0.147. The van der Waals surface area contributed by atoms with Crippen molar-refractivity contribution in [3.05, 3.63) is 118 Å². The zero-order valence-corrected chi connectivity index (χ0v) is 47.2. The van der Waals surface area contributed by atoms with Crippen LogP contribution in [0.3, 0.4) is 0 Å². The maximum Gasteiger partial charge on any atom is 0.357 e. The molecular weight excluding hydrogens is 1040 g/mol. The van der Waals surface area contributed by atoms with E-state index in [-0.39, 0.29) is 99.0 Å². The molecule has 410 valence electrons. The highest BCUT2D eigenvalue weighted by Crippen LogP contribution is 2.63. The second kappa shape index (κ2) is 29.0. The van der Waals surface area contributed by atoms with Gasteiger partial charge < -0.3 is 45.7 Å². The van der Waals surface area contributed by atoms with Gasteiger partial charge in [-0.2, -0.15) is 0 Å². The summed E-state index contributed by atoms with van der Waals surface area (Å²) in [4.78, 5) is 49.9. The third-order valence-electron chi connectivity index (χ3n) is 12.0. The van der Waals surface area contributed by atoms with Gasteiger partial charge in [-0.15, -0.1) is 0 Å². The minimum absolute atomic E-state index is 0.0887. The van der Waals surface area contributed by atoms with Crippen molar-refractivity contribution in [2.75, 3.05) is 66.1 Å². The fourth-order valence-electron chi connectivity index (χ4n) is 7.78. The molecule has 5 aliphatic heterocycles. The first-order valence-corrected chi connectivity index (χ1v) is 30.7.